The monoisotopic (exact) mass is 238 g/mol. The molecule has 1 saturated heterocycles. The van der Waals surface area contributed by atoms with Crippen molar-refractivity contribution in [3.63, 3.8) is 0 Å². The molecular formula is C15H30N2. The van der Waals surface area contributed by atoms with E-state index < -0.39 is 0 Å². The molecule has 1 saturated carbocycles. The molecule has 1 aliphatic carbocycles. The average Bonchev–Trinajstić information content (AvgIpc) is 3.09. The van der Waals surface area contributed by atoms with Crippen LogP contribution in [-0.2, 0) is 0 Å². The number of unbranched alkanes of at least 4 members (excludes halogenated alkanes) is 2. The zero-order chi connectivity index (χ0) is 12.1. The van der Waals surface area contributed by atoms with Crippen molar-refractivity contribution < 1.29 is 0 Å². The highest BCUT2D eigenvalue weighted by atomic mass is 15.2. The third-order valence-electron chi connectivity index (χ3n) is 4.41. The van der Waals surface area contributed by atoms with Gasteiger partial charge in [0.1, 0.15) is 0 Å². The van der Waals surface area contributed by atoms with Gasteiger partial charge in [0, 0.05) is 12.1 Å². The van der Waals surface area contributed by atoms with Crippen LogP contribution in [0.2, 0.25) is 0 Å². The highest BCUT2D eigenvalue weighted by Crippen LogP contribution is 2.22. The molecule has 2 fully saturated rings. The van der Waals surface area contributed by atoms with E-state index in [4.69, 9.17) is 0 Å². The first-order valence-electron chi connectivity index (χ1n) is 7.73. The van der Waals surface area contributed by atoms with Gasteiger partial charge in [-0.2, -0.15) is 0 Å². The van der Waals surface area contributed by atoms with Gasteiger partial charge < -0.3 is 10.2 Å². The van der Waals surface area contributed by atoms with E-state index in [1.54, 1.807) is 0 Å². The van der Waals surface area contributed by atoms with E-state index in [0.717, 1.165) is 18.0 Å². The quantitative estimate of drug-likeness (QED) is 0.686. The van der Waals surface area contributed by atoms with Gasteiger partial charge >= 0.3 is 0 Å². The predicted octanol–water partition coefficient (Wildman–Crippen LogP) is 3.03. The Labute approximate surface area is 107 Å². The Bertz CT molecular complexity index is 213. The number of hydrogen-bond donors (Lipinski definition) is 1. The average molecular weight is 238 g/mol. The lowest BCUT2D eigenvalue weighted by Gasteiger charge is -2.36. The molecule has 100 valence electrons. The van der Waals surface area contributed by atoms with E-state index in [2.05, 4.69) is 24.1 Å². The normalized spacial score (nSPS) is 30.7. The Morgan fingerprint density at radius 1 is 1.06 bits per heavy atom. The molecule has 0 aromatic heterocycles. The Morgan fingerprint density at radius 3 is 2.59 bits per heavy atom. The molecule has 2 atom stereocenters. The molecule has 0 amide bonds. The van der Waals surface area contributed by atoms with Gasteiger partial charge in [-0.3, -0.25) is 0 Å². The molecule has 2 rings (SSSR count). The summed E-state index contributed by atoms with van der Waals surface area (Å²) in [5, 5.41) is 3.60. The van der Waals surface area contributed by atoms with Gasteiger partial charge in [0.15, 0.2) is 0 Å². The van der Waals surface area contributed by atoms with Crippen LogP contribution in [0.4, 0.5) is 0 Å². The lowest BCUT2D eigenvalue weighted by molar-refractivity contribution is 0.127. The molecule has 1 heterocycles. The number of likely N-dealkylation sites (tertiary alicyclic amines) is 1. The largest absolute Gasteiger partial charge is 0.314 e. The summed E-state index contributed by atoms with van der Waals surface area (Å²) in [6, 6.07) is 1.71. The van der Waals surface area contributed by atoms with E-state index in [1.807, 2.05) is 0 Å². The van der Waals surface area contributed by atoms with Crippen molar-refractivity contribution in [2.75, 3.05) is 19.6 Å². The molecule has 0 bridgehead atoms. The SMILES string of the molecule is CC1CCN(CCCCCNC2CC2)C(C)C1. The van der Waals surface area contributed by atoms with Gasteiger partial charge in [-0.25, -0.2) is 0 Å². The Balaban J connectivity index is 1.46. The van der Waals surface area contributed by atoms with Gasteiger partial charge in [0.05, 0.1) is 0 Å². The van der Waals surface area contributed by atoms with E-state index >= 15 is 0 Å². The number of nitrogens with zero attached hydrogens (tertiary/aromatic N) is 1. The topological polar surface area (TPSA) is 15.3 Å². The Morgan fingerprint density at radius 2 is 1.88 bits per heavy atom. The zero-order valence-electron chi connectivity index (χ0n) is 11.8. The first-order valence-corrected chi connectivity index (χ1v) is 7.73. The first-order chi connectivity index (χ1) is 8.25. The lowest BCUT2D eigenvalue weighted by Crippen LogP contribution is -2.40. The van der Waals surface area contributed by atoms with E-state index in [1.165, 1.54) is 64.6 Å². The highest BCUT2D eigenvalue weighted by Gasteiger charge is 2.22. The smallest absolute Gasteiger partial charge is 0.00694 e. The van der Waals surface area contributed by atoms with Crippen molar-refractivity contribution in [3.8, 4) is 0 Å². The summed E-state index contributed by atoms with van der Waals surface area (Å²) in [6.07, 6.45) is 9.82. The summed E-state index contributed by atoms with van der Waals surface area (Å²) in [7, 11) is 0. The Hall–Kier alpha value is -0.0800. The fourth-order valence-electron chi connectivity index (χ4n) is 3.00. The summed E-state index contributed by atoms with van der Waals surface area (Å²) in [5.41, 5.74) is 0. The minimum Gasteiger partial charge on any atom is -0.314 e. The highest BCUT2D eigenvalue weighted by molar-refractivity contribution is 4.80. The van der Waals surface area contributed by atoms with E-state index in [9.17, 15) is 0 Å². The number of rotatable bonds is 7. The second kappa shape index (κ2) is 6.75. The molecule has 0 spiro atoms. The van der Waals surface area contributed by atoms with Gasteiger partial charge in [0.25, 0.3) is 0 Å². The van der Waals surface area contributed by atoms with Crippen LogP contribution in [0.25, 0.3) is 0 Å². The van der Waals surface area contributed by atoms with Crippen molar-refractivity contribution in [1.82, 2.24) is 10.2 Å². The maximum Gasteiger partial charge on any atom is 0.00694 e. The minimum atomic E-state index is 0.823. The molecule has 0 radical (unpaired) electrons. The van der Waals surface area contributed by atoms with Gasteiger partial charge in [-0.1, -0.05) is 13.3 Å². The molecule has 0 aromatic carbocycles. The second-order valence-corrected chi connectivity index (χ2v) is 6.30. The Kier molecular flexibility index (Phi) is 5.30. The van der Waals surface area contributed by atoms with Gasteiger partial charge in [-0.05, 0) is 71.0 Å². The summed E-state index contributed by atoms with van der Waals surface area (Å²) in [4.78, 5) is 2.70. The molecule has 2 aliphatic rings. The van der Waals surface area contributed by atoms with Gasteiger partial charge in [-0.15, -0.1) is 0 Å². The maximum atomic E-state index is 3.60. The minimum absolute atomic E-state index is 0.823. The van der Waals surface area contributed by atoms with Crippen LogP contribution >= 0.6 is 0 Å². The standard InChI is InChI=1S/C15H30N2/c1-13-8-11-17(14(2)12-13)10-5-3-4-9-16-15-6-7-15/h13-16H,3-12H2,1-2H3. The van der Waals surface area contributed by atoms with Crippen LogP contribution in [0.3, 0.4) is 0 Å². The molecule has 2 nitrogen and oxygen atoms in total. The summed E-state index contributed by atoms with van der Waals surface area (Å²) < 4.78 is 0. The van der Waals surface area contributed by atoms with E-state index in [-0.39, 0.29) is 0 Å². The number of piperidine rings is 1. The predicted molar refractivity (Wildman–Crippen MR) is 74.3 cm³/mol. The second-order valence-electron chi connectivity index (χ2n) is 6.30. The fourth-order valence-corrected chi connectivity index (χ4v) is 3.00. The van der Waals surface area contributed by atoms with Crippen LogP contribution in [0, 0.1) is 5.92 Å². The van der Waals surface area contributed by atoms with Gasteiger partial charge in [0.2, 0.25) is 0 Å². The van der Waals surface area contributed by atoms with Crippen molar-refractivity contribution in [3.05, 3.63) is 0 Å². The van der Waals surface area contributed by atoms with Crippen molar-refractivity contribution in [1.29, 1.82) is 0 Å². The van der Waals surface area contributed by atoms with E-state index in [0.29, 0.717) is 0 Å². The molecule has 1 N–H and O–H groups in total. The van der Waals surface area contributed by atoms with Crippen LogP contribution < -0.4 is 5.32 Å². The summed E-state index contributed by atoms with van der Waals surface area (Å²) >= 11 is 0. The summed E-state index contributed by atoms with van der Waals surface area (Å²) in [5.74, 6) is 0.948. The molecule has 2 heteroatoms. The number of nitrogens with one attached hydrogen (secondary N) is 1. The molecular weight excluding hydrogens is 208 g/mol. The molecule has 17 heavy (non-hydrogen) atoms. The van der Waals surface area contributed by atoms with Crippen LogP contribution in [-0.4, -0.2) is 36.6 Å². The maximum absolute atomic E-state index is 3.60. The third-order valence-corrected chi connectivity index (χ3v) is 4.41. The first kappa shape index (κ1) is 13.4. The number of hydrogen-bond acceptors (Lipinski definition) is 2. The molecule has 2 unspecified atom stereocenters. The third kappa shape index (κ3) is 4.97. The van der Waals surface area contributed by atoms with Crippen molar-refractivity contribution >= 4 is 0 Å². The fraction of sp³-hybridized carbons (Fsp3) is 1.00. The van der Waals surface area contributed by atoms with Crippen LogP contribution in [0.5, 0.6) is 0 Å². The van der Waals surface area contributed by atoms with Crippen molar-refractivity contribution in [2.45, 2.75) is 70.9 Å². The summed E-state index contributed by atoms with van der Waals surface area (Å²) in [6.45, 7) is 8.72. The molecule has 0 aromatic rings. The van der Waals surface area contributed by atoms with Crippen LogP contribution in [0.15, 0.2) is 0 Å². The molecule has 1 aliphatic heterocycles. The lowest BCUT2D eigenvalue weighted by atomic mass is 9.93. The van der Waals surface area contributed by atoms with Crippen LogP contribution in [0.1, 0.15) is 58.8 Å². The zero-order valence-corrected chi connectivity index (χ0v) is 11.8. The van der Waals surface area contributed by atoms with Crippen molar-refractivity contribution in [2.24, 2.45) is 5.92 Å².